The van der Waals surface area contributed by atoms with Crippen LogP contribution in [0.3, 0.4) is 0 Å². The Morgan fingerprint density at radius 1 is 1.06 bits per heavy atom. The fourth-order valence-corrected chi connectivity index (χ4v) is 1.40. The van der Waals surface area contributed by atoms with Gasteiger partial charge in [0, 0.05) is 0 Å². The normalized spacial score (nSPS) is 11.6. The van der Waals surface area contributed by atoms with Crippen molar-refractivity contribution in [2.75, 3.05) is 0 Å². The fourth-order valence-electron chi connectivity index (χ4n) is 1.40. The van der Waals surface area contributed by atoms with Crippen LogP contribution in [0.4, 0.5) is 0 Å². The van der Waals surface area contributed by atoms with E-state index in [1.807, 2.05) is 12.2 Å². The van der Waals surface area contributed by atoms with Crippen LogP contribution in [0.5, 0.6) is 11.5 Å². The molecule has 0 fully saturated rings. The first kappa shape index (κ1) is 13.4. The summed E-state index contributed by atoms with van der Waals surface area (Å²) in [6, 6.07) is 4.79. The zero-order chi connectivity index (χ0) is 12.5. The third kappa shape index (κ3) is 5.25. The van der Waals surface area contributed by atoms with Crippen LogP contribution in [0.2, 0.25) is 0 Å². The zero-order valence-electron chi connectivity index (χ0n) is 9.97. The predicted octanol–water partition coefficient (Wildman–Crippen LogP) is 4.06. The van der Waals surface area contributed by atoms with Crippen molar-refractivity contribution >= 4 is 6.08 Å². The van der Waals surface area contributed by atoms with Gasteiger partial charge in [-0.2, -0.15) is 0 Å². The molecule has 0 bridgehead atoms. The van der Waals surface area contributed by atoms with E-state index in [1.165, 1.54) is 12.1 Å². The van der Waals surface area contributed by atoms with Gasteiger partial charge < -0.3 is 10.2 Å². The van der Waals surface area contributed by atoms with Crippen molar-refractivity contribution in [3.63, 3.8) is 0 Å². The number of aromatic hydroxyl groups is 2. The number of unbranched alkanes of at least 4 members (excludes halogenated alkanes) is 2. The van der Waals surface area contributed by atoms with Gasteiger partial charge in [0.05, 0.1) is 0 Å². The van der Waals surface area contributed by atoms with Crippen LogP contribution in [0.15, 0.2) is 36.4 Å². The Morgan fingerprint density at radius 3 is 2.59 bits per heavy atom. The average Bonchev–Trinajstić information content (AvgIpc) is 2.32. The number of benzene rings is 1. The van der Waals surface area contributed by atoms with Crippen LogP contribution >= 0.6 is 0 Å². The minimum Gasteiger partial charge on any atom is -0.504 e. The second-order valence-corrected chi connectivity index (χ2v) is 3.85. The van der Waals surface area contributed by atoms with E-state index >= 15 is 0 Å². The molecule has 2 nitrogen and oxygen atoms in total. The molecule has 91 valence electrons. The highest BCUT2D eigenvalue weighted by Gasteiger charge is 1.96. The molecule has 1 radical (unpaired) electrons. The van der Waals surface area contributed by atoms with Gasteiger partial charge in [0.2, 0.25) is 0 Å². The van der Waals surface area contributed by atoms with Gasteiger partial charge in [0.1, 0.15) is 0 Å². The van der Waals surface area contributed by atoms with E-state index < -0.39 is 0 Å². The molecule has 0 aliphatic rings. The number of phenolic OH excluding ortho intramolecular Hbond substituents is 2. The van der Waals surface area contributed by atoms with Crippen molar-refractivity contribution in [1.82, 2.24) is 0 Å². The maximum absolute atomic E-state index is 9.30. The molecule has 0 heterocycles. The molecule has 0 saturated carbocycles. The summed E-state index contributed by atoms with van der Waals surface area (Å²) in [7, 11) is 0. The Morgan fingerprint density at radius 2 is 1.88 bits per heavy atom. The van der Waals surface area contributed by atoms with Crippen molar-refractivity contribution in [3.8, 4) is 11.5 Å². The number of allylic oxidation sites excluding steroid dienone is 3. The lowest BCUT2D eigenvalue weighted by atomic mass is 10.1. The Balaban J connectivity index is 2.38. The summed E-state index contributed by atoms with van der Waals surface area (Å²) in [6.07, 6.45) is 12.3. The van der Waals surface area contributed by atoms with Crippen molar-refractivity contribution in [2.45, 2.75) is 25.7 Å². The molecule has 0 aliphatic carbocycles. The molecule has 0 amide bonds. The van der Waals surface area contributed by atoms with Crippen LogP contribution in [0.25, 0.3) is 6.08 Å². The van der Waals surface area contributed by atoms with Gasteiger partial charge in [-0.25, -0.2) is 0 Å². The number of rotatable bonds is 6. The second kappa shape index (κ2) is 7.55. The van der Waals surface area contributed by atoms with E-state index in [2.05, 4.69) is 19.1 Å². The van der Waals surface area contributed by atoms with E-state index in [4.69, 9.17) is 5.11 Å². The molecule has 0 unspecified atom stereocenters. The first-order valence-corrected chi connectivity index (χ1v) is 5.87. The molecule has 17 heavy (non-hydrogen) atoms. The van der Waals surface area contributed by atoms with Crippen molar-refractivity contribution in [2.24, 2.45) is 0 Å². The quantitative estimate of drug-likeness (QED) is 0.440. The first-order chi connectivity index (χ1) is 8.24. The lowest BCUT2D eigenvalue weighted by molar-refractivity contribution is 0.403. The maximum atomic E-state index is 9.30. The highest BCUT2D eigenvalue weighted by Crippen LogP contribution is 2.25. The number of phenols is 2. The summed E-state index contributed by atoms with van der Waals surface area (Å²) in [6.45, 7) is 3.78. The van der Waals surface area contributed by atoms with Gasteiger partial charge in [-0.15, -0.1) is 0 Å². The Kier molecular flexibility index (Phi) is 5.94. The van der Waals surface area contributed by atoms with Crippen LogP contribution in [-0.2, 0) is 0 Å². The molecule has 2 N–H and O–H groups in total. The summed E-state index contributed by atoms with van der Waals surface area (Å²) in [4.78, 5) is 0. The molecule has 0 aromatic heterocycles. The monoisotopic (exact) mass is 231 g/mol. The van der Waals surface area contributed by atoms with Gasteiger partial charge in [0.25, 0.3) is 0 Å². The molecule has 1 rings (SSSR count). The van der Waals surface area contributed by atoms with Gasteiger partial charge in [-0.3, -0.25) is 0 Å². The first-order valence-electron chi connectivity index (χ1n) is 5.87. The highest BCUT2D eigenvalue weighted by atomic mass is 16.3. The molecular formula is C15H19O2. The zero-order valence-corrected chi connectivity index (χ0v) is 9.97. The van der Waals surface area contributed by atoms with E-state index in [9.17, 15) is 5.11 Å². The summed E-state index contributed by atoms with van der Waals surface area (Å²) >= 11 is 0. The van der Waals surface area contributed by atoms with E-state index in [1.54, 1.807) is 6.07 Å². The standard InChI is InChI=1S/C15H19O2/c1-2-3-4-5-6-7-8-9-13-10-11-14(16)15(17)12-13/h5-6,8-12,16-17H,1-4,7H2/b6-5-,9-8-. The number of hydrogen-bond donors (Lipinski definition) is 2. The Labute approximate surface area is 103 Å². The molecular weight excluding hydrogens is 212 g/mol. The lowest BCUT2D eigenvalue weighted by Crippen LogP contribution is -1.73. The van der Waals surface area contributed by atoms with Gasteiger partial charge in [0.15, 0.2) is 11.5 Å². The van der Waals surface area contributed by atoms with Crippen LogP contribution in [-0.4, -0.2) is 10.2 Å². The summed E-state index contributed by atoms with van der Waals surface area (Å²) in [5, 5.41) is 18.4. The molecule has 2 heteroatoms. The van der Waals surface area contributed by atoms with Crippen molar-refractivity contribution in [1.29, 1.82) is 0 Å². The van der Waals surface area contributed by atoms with E-state index in [-0.39, 0.29) is 11.5 Å². The highest BCUT2D eigenvalue weighted by molar-refractivity contribution is 5.55. The largest absolute Gasteiger partial charge is 0.504 e. The lowest BCUT2D eigenvalue weighted by Gasteiger charge is -1.97. The van der Waals surface area contributed by atoms with Crippen LogP contribution < -0.4 is 0 Å². The van der Waals surface area contributed by atoms with E-state index in [0.29, 0.717) is 0 Å². The Hall–Kier alpha value is -1.70. The van der Waals surface area contributed by atoms with Crippen molar-refractivity contribution < 1.29 is 10.2 Å². The SMILES string of the molecule is [CH2]CCC/C=C\C/C=C\c1ccc(O)c(O)c1. The third-order valence-electron chi connectivity index (χ3n) is 2.37. The van der Waals surface area contributed by atoms with Gasteiger partial charge in [-0.05, 0) is 37.0 Å². The third-order valence-corrected chi connectivity index (χ3v) is 2.37. The minimum atomic E-state index is -0.0878. The molecule has 1 aromatic carbocycles. The van der Waals surface area contributed by atoms with Gasteiger partial charge >= 0.3 is 0 Å². The second-order valence-electron chi connectivity index (χ2n) is 3.85. The van der Waals surface area contributed by atoms with E-state index in [0.717, 1.165) is 31.2 Å². The smallest absolute Gasteiger partial charge is 0.157 e. The van der Waals surface area contributed by atoms with Crippen molar-refractivity contribution in [3.05, 3.63) is 48.9 Å². The average molecular weight is 231 g/mol. The maximum Gasteiger partial charge on any atom is 0.157 e. The molecule has 0 atom stereocenters. The molecule has 1 aromatic rings. The van der Waals surface area contributed by atoms with Crippen LogP contribution in [0.1, 0.15) is 31.2 Å². The summed E-state index contributed by atoms with van der Waals surface area (Å²) < 4.78 is 0. The topological polar surface area (TPSA) is 40.5 Å². The van der Waals surface area contributed by atoms with Gasteiger partial charge in [-0.1, -0.05) is 43.7 Å². The Bertz CT molecular complexity index is 392. The summed E-state index contributed by atoms with van der Waals surface area (Å²) in [5.41, 5.74) is 0.881. The predicted molar refractivity (Wildman–Crippen MR) is 71.8 cm³/mol. The fraction of sp³-hybridized carbons (Fsp3) is 0.267. The molecule has 0 spiro atoms. The molecule has 0 aliphatic heterocycles. The van der Waals surface area contributed by atoms with Crippen LogP contribution in [0, 0.1) is 6.92 Å². The summed E-state index contributed by atoms with van der Waals surface area (Å²) in [5.74, 6) is -0.173. The molecule has 0 saturated heterocycles. The minimum absolute atomic E-state index is 0.0851. The number of hydrogen-bond acceptors (Lipinski definition) is 2.